The number of hydrogen-bond acceptors (Lipinski definition) is 2. The fraction of sp³-hybridized carbons (Fsp3) is 0.667. The van der Waals surface area contributed by atoms with E-state index in [1.165, 1.54) is 50.8 Å². The van der Waals surface area contributed by atoms with Gasteiger partial charge in [0.1, 0.15) is 0 Å². The molecule has 22 heavy (non-hydrogen) atoms. The fourth-order valence-corrected chi connectivity index (χ4v) is 3.95. The second-order valence-electron chi connectivity index (χ2n) is 6.54. The molecule has 0 amide bonds. The van der Waals surface area contributed by atoms with Crippen molar-refractivity contribution in [1.82, 2.24) is 10.2 Å². The highest BCUT2D eigenvalue weighted by molar-refractivity contribution is 5.85. The van der Waals surface area contributed by atoms with Gasteiger partial charge in [0.2, 0.25) is 0 Å². The Hall–Kier alpha value is -0.280. The fourth-order valence-electron chi connectivity index (χ4n) is 3.95. The van der Waals surface area contributed by atoms with Crippen LogP contribution in [0.2, 0.25) is 0 Å². The lowest BCUT2D eigenvalue weighted by atomic mass is 9.80. The van der Waals surface area contributed by atoms with Crippen LogP contribution in [0.5, 0.6) is 0 Å². The van der Waals surface area contributed by atoms with Gasteiger partial charge in [-0.25, -0.2) is 0 Å². The molecule has 2 aliphatic rings. The Balaban J connectivity index is 0.00000121. The number of rotatable bonds is 3. The molecule has 1 aromatic rings. The predicted molar refractivity (Wildman–Crippen MR) is 99.4 cm³/mol. The SMILES string of the molecule is Cc1ccc([C@@H](C2CCCCC2)N2CCNCC2)cc1.Cl.Cl. The highest BCUT2D eigenvalue weighted by atomic mass is 35.5. The molecule has 4 heteroatoms. The summed E-state index contributed by atoms with van der Waals surface area (Å²) in [6, 6.07) is 9.96. The Morgan fingerprint density at radius 3 is 2.14 bits per heavy atom. The standard InChI is InChI=1S/C18H28N2.2ClH/c1-15-7-9-17(10-8-15)18(16-5-3-2-4-6-16)20-13-11-19-12-14-20;;/h7-10,16,18-19H,2-6,11-14H2,1H3;2*1H/t18-;;/m1../s1. The smallest absolute Gasteiger partial charge is 0.0377 e. The Bertz CT molecular complexity index is 392. The van der Waals surface area contributed by atoms with Crippen molar-refractivity contribution in [3.8, 4) is 0 Å². The van der Waals surface area contributed by atoms with Gasteiger partial charge in [-0.1, -0.05) is 49.1 Å². The van der Waals surface area contributed by atoms with Gasteiger partial charge in [0.15, 0.2) is 0 Å². The third-order valence-electron chi connectivity index (χ3n) is 5.06. The number of nitrogens with one attached hydrogen (secondary N) is 1. The summed E-state index contributed by atoms with van der Waals surface area (Å²) in [6.45, 7) is 6.89. The highest BCUT2D eigenvalue weighted by Crippen LogP contribution is 2.38. The maximum absolute atomic E-state index is 3.49. The molecule has 1 aliphatic heterocycles. The van der Waals surface area contributed by atoms with Gasteiger partial charge < -0.3 is 5.32 Å². The zero-order valence-corrected chi connectivity index (χ0v) is 15.2. The summed E-state index contributed by atoms with van der Waals surface area (Å²) in [6.07, 6.45) is 7.14. The Morgan fingerprint density at radius 1 is 0.955 bits per heavy atom. The third kappa shape index (κ3) is 4.86. The van der Waals surface area contributed by atoms with Crippen LogP contribution in [-0.2, 0) is 0 Å². The van der Waals surface area contributed by atoms with E-state index >= 15 is 0 Å². The molecule has 126 valence electrons. The Labute approximate surface area is 147 Å². The molecular formula is C18H30Cl2N2. The molecule has 3 rings (SSSR count). The zero-order valence-electron chi connectivity index (χ0n) is 13.6. The van der Waals surface area contributed by atoms with E-state index in [2.05, 4.69) is 41.4 Å². The number of halogens is 2. The van der Waals surface area contributed by atoms with E-state index in [-0.39, 0.29) is 24.8 Å². The van der Waals surface area contributed by atoms with Gasteiger partial charge in [0.05, 0.1) is 0 Å². The van der Waals surface area contributed by atoms with Crippen molar-refractivity contribution in [2.75, 3.05) is 26.2 Å². The van der Waals surface area contributed by atoms with Crippen molar-refractivity contribution in [3.63, 3.8) is 0 Å². The highest BCUT2D eigenvalue weighted by Gasteiger charge is 2.30. The third-order valence-corrected chi connectivity index (χ3v) is 5.06. The lowest BCUT2D eigenvalue weighted by molar-refractivity contribution is 0.103. The Morgan fingerprint density at radius 2 is 1.55 bits per heavy atom. The number of piperazine rings is 1. The van der Waals surface area contributed by atoms with E-state index < -0.39 is 0 Å². The molecular weight excluding hydrogens is 315 g/mol. The van der Waals surface area contributed by atoms with Gasteiger partial charge >= 0.3 is 0 Å². The molecule has 0 bridgehead atoms. The van der Waals surface area contributed by atoms with Crippen LogP contribution in [0.4, 0.5) is 0 Å². The first-order valence-electron chi connectivity index (χ1n) is 8.36. The van der Waals surface area contributed by atoms with Gasteiger partial charge in [-0.3, -0.25) is 4.90 Å². The van der Waals surface area contributed by atoms with Crippen LogP contribution in [0.1, 0.15) is 49.3 Å². The van der Waals surface area contributed by atoms with Gasteiger partial charge in [-0.15, -0.1) is 24.8 Å². The molecule has 1 N–H and O–H groups in total. The van der Waals surface area contributed by atoms with Crippen LogP contribution >= 0.6 is 24.8 Å². The summed E-state index contributed by atoms with van der Waals surface area (Å²) < 4.78 is 0. The van der Waals surface area contributed by atoms with Gasteiger partial charge in [-0.2, -0.15) is 0 Å². The van der Waals surface area contributed by atoms with Crippen molar-refractivity contribution in [2.45, 2.75) is 45.1 Å². The maximum Gasteiger partial charge on any atom is 0.0377 e. The van der Waals surface area contributed by atoms with E-state index in [0.717, 1.165) is 19.0 Å². The second-order valence-corrected chi connectivity index (χ2v) is 6.54. The number of aryl methyl sites for hydroxylation is 1. The molecule has 1 heterocycles. The van der Waals surface area contributed by atoms with E-state index in [4.69, 9.17) is 0 Å². The average molecular weight is 345 g/mol. The van der Waals surface area contributed by atoms with Crippen LogP contribution in [0.25, 0.3) is 0 Å². The van der Waals surface area contributed by atoms with Crippen LogP contribution < -0.4 is 5.32 Å². The van der Waals surface area contributed by atoms with E-state index in [9.17, 15) is 0 Å². The van der Waals surface area contributed by atoms with E-state index in [1.54, 1.807) is 5.56 Å². The summed E-state index contributed by atoms with van der Waals surface area (Å²) in [5.74, 6) is 0.865. The monoisotopic (exact) mass is 344 g/mol. The first kappa shape index (κ1) is 19.8. The zero-order chi connectivity index (χ0) is 13.8. The molecule has 1 aromatic carbocycles. The van der Waals surface area contributed by atoms with Crippen LogP contribution in [0.3, 0.4) is 0 Å². The molecule has 1 aliphatic carbocycles. The molecule has 0 unspecified atom stereocenters. The normalized spacial score (nSPS) is 21.5. The molecule has 2 nitrogen and oxygen atoms in total. The van der Waals surface area contributed by atoms with Crippen molar-refractivity contribution in [3.05, 3.63) is 35.4 Å². The molecule has 1 atom stereocenters. The van der Waals surface area contributed by atoms with Crippen LogP contribution in [0.15, 0.2) is 24.3 Å². The van der Waals surface area contributed by atoms with Crippen molar-refractivity contribution in [2.24, 2.45) is 5.92 Å². The molecule has 1 saturated heterocycles. The first-order valence-corrected chi connectivity index (χ1v) is 8.36. The topological polar surface area (TPSA) is 15.3 Å². The Kier molecular flexibility index (Phi) is 8.78. The summed E-state index contributed by atoms with van der Waals surface area (Å²) in [4.78, 5) is 2.73. The minimum atomic E-state index is 0. The summed E-state index contributed by atoms with van der Waals surface area (Å²) >= 11 is 0. The second kappa shape index (κ2) is 9.77. The number of benzene rings is 1. The number of nitrogens with zero attached hydrogens (tertiary/aromatic N) is 1. The molecule has 1 saturated carbocycles. The average Bonchev–Trinajstić information content (AvgIpc) is 2.52. The van der Waals surface area contributed by atoms with Crippen molar-refractivity contribution < 1.29 is 0 Å². The quantitative estimate of drug-likeness (QED) is 0.875. The van der Waals surface area contributed by atoms with E-state index in [0.29, 0.717) is 6.04 Å². The first-order chi connectivity index (χ1) is 9.84. The molecule has 0 aromatic heterocycles. The van der Waals surface area contributed by atoms with Crippen molar-refractivity contribution in [1.29, 1.82) is 0 Å². The molecule has 0 spiro atoms. The molecule has 0 radical (unpaired) electrons. The van der Waals surface area contributed by atoms with Gasteiger partial charge in [0, 0.05) is 32.2 Å². The minimum absolute atomic E-state index is 0. The summed E-state index contributed by atoms with van der Waals surface area (Å²) in [7, 11) is 0. The lowest BCUT2D eigenvalue weighted by Crippen LogP contribution is -2.47. The van der Waals surface area contributed by atoms with Crippen LogP contribution in [-0.4, -0.2) is 31.1 Å². The minimum Gasteiger partial charge on any atom is -0.314 e. The van der Waals surface area contributed by atoms with Gasteiger partial charge in [0.25, 0.3) is 0 Å². The lowest BCUT2D eigenvalue weighted by Gasteiger charge is -2.41. The van der Waals surface area contributed by atoms with Gasteiger partial charge in [-0.05, 0) is 31.2 Å². The largest absolute Gasteiger partial charge is 0.314 e. The predicted octanol–water partition coefficient (Wildman–Crippen LogP) is 4.37. The van der Waals surface area contributed by atoms with Crippen LogP contribution in [0, 0.1) is 12.8 Å². The summed E-state index contributed by atoms with van der Waals surface area (Å²) in [5.41, 5.74) is 2.92. The molecule has 2 fully saturated rings. The summed E-state index contributed by atoms with van der Waals surface area (Å²) in [5, 5.41) is 3.49. The van der Waals surface area contributed by atoms with E-state index in [1.807, 2.05) is 0 Å². The van der Waals surface area contributed by atoms with Crippen molar-refractivity contribution >= 4 is 24.8 Å². The number of hydrogen-bond donors (Lipinski definition) is 1. The maximum atomic E-state index is 3.49.